The number of ether oxygens (including phenoxy) is 1. The Balaban J connectivity index is 2.18. The highest BCUT2D eigenvalue weighted by Gasteiger charge is 2.23. The molecule has 0 fully saturated rings. The summed E-state index contributed by atoms with van der Waals surface area (Å²) in [5.74, 6) is -0.355. The number of sulfonamides is 1. The fraction of sp³-hybridized carbons (Fsp3) is 0.333. The molecule has 0 radical (unpaired) electrons. The molecule has 11 heteroatoms. The number of rotatable bonds is 10. The number of methoxy groups -OCH3 is 1. The average molecular weight is 483 g/mol. The van der Waals surface area contributed by atoms with Gasteiger partial charge in [0.25, 0.3) is 0 Å². The van der Waals surface area contributed by atoms with Crippen LogP contribution in [0.25, 0.3) is 0 Å². The summed E-state index contributed by atoms with van der Waals surface area (Å²) in [7, 11) is -2.28. The fourth-order valence-electron chi connectivity index (χ4n) is 2.97. The van der Waals surface area contributed by atoms with Crippen molar-refractivity contribution in [3.8, 4) is 5.75 Å². The van der Waals surface area contributed by atoms with E-state index in [0.29, 0.717) is 35.2 Å². The lowest BCUT2D eigenvalue weighted by Gasteiger charge is -2.19. The molecular formula is C21H27ClN4O5S. The first-order valence-electron chi connectivity index (χ1n) is 9.91. The van der Waals surface area contributed by atoms with Crippen molar-refractivity contribution in [2.24, 2.45) is 0 Å². The number of nitrogens with one attached hydrogen (secondary N) is 3. The highest BCUT2D eigenvalue weighted by atomic mass is 35.5. The number of halogens is 1. The van der Waals surface area contributed by atoms with E-state index < -0.39 is 15.9 Å². The highest BCUT2D eigenvalue weighted by molar-refractivity contribution is 7.89. The lowest BCUT2D eigenvalue weighted by Crippen LogP contribution is -2.30. The van der Waals surface area contributed by atoms with E-state index in [1.165, 1.54) is 36.5 Å². The number of anilines is 3. The van der Waals surface area contributed by atoms with E-state index in [1.807, 2.05) is 0 Å². The van der Waals surface area contributed by atoms with Gasteiger partial charge in [0.2, 0.25) is 21.8 Å². The molecule has 0 aliphatic heterocycles. The zero-order valence-corrected chi connectivity index (χ0v) is 19.9. The SMILES string of the molecule is CCN(CC)S(=O)(=O)c1ccc(OC)c(NC(=O)CNc2cc(NC(C)=O)ccc2Cl)c1. The van der Waals surface area contributed by atoms with Crippen molar-refractivity contribution in [3.05, 3.63) is 41.4 Å². The number of hydrogen-bond donors (Lipinski definition) is 3. The van der Waals surface area contributed by atoms with E-state index in [0.717, 1.165) is 0 Å². The Morgan fingerprint density at radius 2 is 1.72 bits per heavy atom. The predicted molar refractivity (Wildman–Crippen MR) is 126 cm³/mol. The van der Waals surface area contributed by atoms with Crippen LogP contribution in [0.3, 0.4) is 0 Å². The molecule has 2 aromatic rings. The van der Waals surface area contributed by atoms with Gasteiger partial charge >= 0.3 is 0 Å². The van der Waals surface area contributed by atoms with Gasteiger partial charge in [0.1, 0.15) is 5.75 Å². The van der Waals surface area contributed by atoms with Crippen LogP contribution in [0.5, 0.6) is 5.75 Å². The molecule has 0 aliphatic carbocycles. The minimum atomic E-state index is -3.70. The maximum atomic E-state index is 12.8. The average Bonchev–Trinajstić information content (AvgIpc) is 2.74. The second-order valence-corrected chi connectivity index (χ2v) is 9.07. The van der Waals surface area contributed by atoms with Gasteiger partial charge < -0.3 is 20.7 Å². The first-order valence-corrected chi connectivity index (χ1v) is 11.7. The third kappa shape index (κ3) is 6.35. The van der Waals surface area contributed by atoms with E-state index in [1.54, 1.807) is 32.0 Å². The fourth-order valence-corrected chi connectivity index (χ4v) is 4.64. The molecule has 0 heterocycles. The molecule has 2 rings (SSSR count). The number of carbonyl (C=O) groups is 2. The van der Waals surface area contributed by atoms with Crippen LogP contribution >= 0.6 is 11.6 Å². The van der Waals surface area contributed by atoms with E-state index in [4.69, 9.17) is 16.3 Å². The summed E-state index contributed by atoms with van der Waals surface area (Å²) in [6.45, 7) is 5.40. The summed E-state index contributed by atoms with van der Waals surface area (Å²) < 4.78 is 32.2. The van der Waals surface area contributed by atoms with Crippen LogP contribution in [0.2, 0.25) is 5.02 Å². The first-order chi connectivity index (χ1) is 15.1. The van der Waals surface area contributed by atoms with Crippen molar-refractivity contribution in [2.45, 2.75) is 25.7 Å². The molecule has 3 N–H and O–H groups in total. The minimum Gasteiger partial charge on any atom is -0.495 e. The Bertz CT molecular complexity index is 1090. The van der Waals surface area contributed by atoms with Gasteiger partial charge in [-0.1, -0.05) is 25.4 Å². The smallest absolute Gasteiger partial charge is 0.243 e. The van der Waals surface area contributed by atoms with Crippen LogP contribution in [0, 0.1) is 0 Å². The summed E-state index contributed by atoms with van der Waals surface area (Å²) in [6, 6.07) is 9.14. The van der Waals surface area contributed by atoms with Crippen LogP contribution in [0.4, 0.5) is 17.1 Å². The Labute approximate surface area is 193 Å². The molecular weight excluding hydrogens is 456 g/mol. The van der Waals surface area contributed by atoms with Crippen LogP contribution in [-0.4, -0.2) is 51.3 Å². The molecule has 0 unspecified atom stereocenters. The summed E-state index contributed by atoms with van der Waals surface area (Å²) in [4.78, 5) is 23.8. The van der Waals surface area contributed by atoms with E-state index in [2.05, 4.69) is 16.0 Å². The predicted octanol–water partition coefficient (Wildman–Crippen LogP) is 3.39. The molecule has 0 saturated carbocycles. The van der Waals surface area contributed by atoms with Crippen molar-refractivity contribution in [1.29, 1.82) is 0 Å². The maximum Gasteiger partial charge on any atom is 0.243 e. The van der Waals surface area contributed by atoms with Crippen LogP contribution in [-0.2, 0) is 19.6 Å². The third-order valence-electron chi connectivity index (χ3n) is 4.51. The third-order valence-corrected chi connectivity index (χ3v) is 6.89. The van der Waals surface area contributed by atoms with Gasteiger partial charge in [0.15, 0.2) is 0 Å². The molecule has 0 saturated heterocycles. The Morgan fingerprint density at radius 1 is 1.03 bits per heavy atom. The number of benzene rings is 2. The number of amides is 2. The second-order valence-electron chi connectivity index (χ2n) is 6.73. The highest BCUT2D eigenvalue weighted by Crippen LogP contribution is 2.29. The number of carbonyl (C=O) groups excluding carboxylic acids is 2. The van der Waals surface area contributed by atoms with Crippen molar-refractivity contribution in [3.63, 3.8) is 0 Å². The van der Waals surface area contributed by atoms with E-state index >= 15 is 0 Å². The van der Waals surface area contributed by atoms with Gasteiger partial charge in [-0.25, -0.2) is 8.42 Å². The normalized spacial score (nSPS) is 11.2. The molecule has 0 aliphatic rings. The van der Waals surface area contributed by atoms with Gasteiger partial charge in [-0.3, -0.25) is 9.59 Å². The van der Waals surface area contributed by atoms with Gasteiger partial charge in [0, 0.05) is 25.7 Å². The van der Waals surface area contributed by atoms with Gasteiger partial charge in [-0.05, 0) is 36.4 Å². The molecule has 0 bridgehead atoms. The van der Waals surface area contributed by atoms with Crippen molar-refractivity contribution in [1.82, 2.24) is 4.31 Å². The summed E-state index contributed by atoms with van der Waals surface area (Å²) in [5, 5.41) is 8.58. The van der Waals surface area contributed by atoms with E-state index in [9.17, 15) is 18.0 Å². The van der Waals surface area contributed by atoms with E-state index in [-0.39, 0.29) is 23.0 Å². The van der Waals surface area contributed by atoms with Gasteiger partial charge in [-0.2, -0.15) is 4.31 Å². The molecule has 174 valence electrons. The van der Waals surface area contributed by atoms with Crippen molar-refractivity contribution in [2.75, 3.05) is 42.7 Å². The van der Waals surface area contributed by atoms with Crippen molar-refractivity contribution < 1.29 is 22.7 Å². The first kappa shape index (κ1) is 25.4. The number of nitrogens with zero attached hydrogens (tertiary/aromatic N) is 1. The summed E-state index contributed by atoms with van der Waals surface area (Å²) >= 11 is 6.15. The lowest BCUT2D eigenvalue weighted by atomic mass is 10.2. The largest absolute Gasteiger partial charge is 0.495 e. The zero-order valence-electron chi connectivity index (χ0n) is 18.4. The minimum absolute atomic E-state index is 0.0521. The van der Waals surface area contributed by atoms with Gasteiger partial charge in [0.05, 0.1) is 34.9 Å². The maximum absolute atomic E-state index is 12.8. The van der Waals surface area contributed by atoms with Crippen LogP contribution in [0.15, 0.2) is 41.3 Å². The molecule has 9 nitrogen and oxygen atoms in total. The van der Waals surface area contributed by atoms with Crippen LogP contribution in [0.1, 0.15) is 20.8 Å². The number of hydrogen-bond acceptors (Lipinski definition) is 6. The Kier molecular flexibility index (Phi) is 8.88. The van der Waals surface area contributed by atoms with Crippen LogP contribution < -0.4 is 20.7 Å². The molecule has 2 aromatic carbocycles. The lowest BCUT2D eigenvalue weighted by molar-refractivity contribution is -0.115. The monoisotopic (exact) mass is 482 g/mol. The molecule has 0 spiro atoms. The molecule has 0 atom stereocenters. The Hall–Kier alpha value is -2.82. The van der Waals surface area contributed by atoms with Gasteiger partial charge in [-0.15, -0.1) is 0 Å². The quantitative estimate of drug-likeness (QED) is 0.478. The summed E-state index contributed by atoms with van der Waals surface area (Å²) in [5.41, 5.74) is 1.21. The topological polar surface area (TPSA) is 117 Å². The standard InChI is InChI=1S/C21H27ClN4O5S/c1-5-26(6-2)32(29,30)16-8-10-20(31-4)19(12-16)25-21(28)13-23-18-11-15(24-14(3)27)7-9-17(18)22/h7-12,23H,5-6,13H2,1-4H3,(H,24,27)(H,25,28). The molecule has 32 heavy (non-hydrogen) atoms. The zero-order chi connectivity index (χ0) is 23.9. The Morgan fingerprint density at radius 3 is 2.31 bits per heavy atom. The molecule has 2 amide bonds. The second kappa shape index (κ2) is 11.2. The van der Waals surface area contributed by atoms with Crippen molar-refractivity contribution >= 4 is 50.5 Å². The molecule has 0 aromatic heterocycles. The summed E-state index contributed by atoms with van der Waals surface area (Å²) in [6.07, 6.45) is 0.